The third kappa shape index (κ3) is 2.41. The van der Waals surface area contributed by atoms with E-state index in [1.807, 2.05) is 32.0 Å². The number of hydrogen-bond donors (Lipinski definition) is 1. The second-order valence-corrected chi connectivity index (χ2v) is 5.55. The van der Waals surface area contributed by atoms with Gasteiger partial charge in [0.1, 0.15) is 11.3 Å². The molecule has 0 saturated heterocycles. The van der Waals surface area contributed by atoms with Crippen molar-refractivity contribution in [3.8, 4) is 11.3 Å². The minimum atomic E-state index is -0.118. The molecule has 106 valence electrons. The van der Waals surface area contributed by atoms with Crippen LogP contribution in [0.5, 0.6) is 0 Å². The molecule has 3 nitrogen and oxygen atoms in total. The first-order chi connectivity index (χ1) is 9.95. The second kappa shape index (κ2) is 4.93. The number of nitrogens with two attached hydrogens (primary N) is 1. The number of benzene rings is 2. The highest BCUT2D eigenvalue weighted by Gasteiger charge is 2.10. The van der Waals surface area contributed by atoms with E-state index in [-0.39, 0.29) is 5.43 Å². The summed E-state index contributed by atoms with van der Waals surface area (Å²) in [5.41, 5.74) is 9.63. The Morgan fingerprint density at radius 1 is 1.05 bits per heavy atom. The first-order valence-corrected chi connectivity index (χ1v) is 6.94. The van der Waals surface area contributed by atoms with Crippen molar-refractivity contribution in [2.45, 2.75) is 13.8 Å². The molecule has 0 saturated carbocycles. The maximum atomic E-state index is 12.2. The molecule has 0 amide bonds. The molecule has 0 unspecified atom stereocenters. The molecule has 21 heavy (non-hydrogen) atoms. The molecule has 0 aliphatic rings. The maximum absolute atomic E-state index is 12.2. The Kier molecular flexibility index (Phi) is 3.22. The summed E-state index contributed by atoms with van der Waals surface area (Å²) in [4.78, 5) is 12.2. The van der Waals surface area contributed by atoms with Crippen molar-refractivity contribution in [2.75, 3.05) is 5.73 Å². The van der Waals surface area contributed by atoms with E-state index in [0.717, 1.165) is 16.7 Å². The number of anilines is 1. The van der Waals surface area contributed by atoms with E-state index in [4.69, 9.17) is 21.8 Å². The molecule has 4 heteroatoms. The number of rotatable bonds is 1. The molecule has 0 aliphatic carbocycles. The lowest BCUT2D eigenvalue weighted by atomic mass is 10.1. The minimum Gasteiger partial charge on any atom is -0.456 e. The van der Waals surface area contributed by atoms with Crippen LogP contribution in [-0.4, -0.2) is 0 Å². The Morgan fingerprint density at radius 2 is 1.81 bits per heavy atom. The van der Waals surface area contributed by atoms with Gasteiger partial charge in [-0.15, -0.1) is 0 Å². The van der Waals surface area contributed by atoms with Gasteiger partial charge >= 0.3 is 0 Å². The molecule has 2 aromatic carbocycles. The zero-order chi connectivity index (χ0) is 15.1. The van der Waals surface area contributed by atoms with Gasteiger partial charge in [-0.05, 0) is 43.2 Å². The summed E-state index contributed by atoms with van der Waals surface area (Å²) >= 11 is 6.06. The van der Waals surface area contributed by atoms with Crippen LogP contribution in [0.2, 0.25) is 5.02 Å². The third-order valence-electron chi connectivity index (χ3n) is 3.57. The predicted molar refractivity (Wildman–Crippen MR) is 86.8 cm³/mol. The first-order valence-electron chi connectivity index (χ1n) is 6.56. The van der Waals surface area contributed by atoms with Crippen LogP contribution >= 0.6 is 11.6 Å². The molecule has 0 aliphatic heterocycles. The first kappa shape index (κ1) is 13.7. The molecule has 3 rings (SSSR count). The molecule has 1 aromatic heterocycles. The van der Waals surface area contributed by atoms with Crippen molar-refractivity contribution >= 4 is 28.3 Å². The topological polar surface area (TPSA) is 56.2 Å². The van der Waals surface area contributed by atoms with E-state index in [2.05, 4.69) is 0 Å². The Labute approximate surface area is 127 Å². The highest BCUT2D eigenvalue weighted by Crippen LogP contribution is 2.27. The van der Waals surface area contributed by atoms with Crippen LogP contribution in [0.3, 0.4) is 0 Å². The summed E-state index contributed by atoms with van der Waals surface area (Å²) in [5, 5.41) is 1.04. The van der Waals surface area contributed by atoms with Crippen LogP contribution in [0, 0.1) is 13.8 Å². The highest BCUT2D eigenvalue weighted by molar-refractivity contribution is 6.32. The van der Waals surface area contributed by atoms with Gasteiger partial charge in [-0.1, -0.05) is 23.7 Å². The minimum absolute atomic E-state index is 0.118. The van der Waals surface area contributed by atoms with Gasteiger partial charge in [0.15, 0.2) is 5.43 Å². The summed E-state index contributed by atoms with van der Waals surface area (Å²) < 4.78 is 5.85. The fraction of sp³-hybridized carbons (Fsp3) is 0.118. The number of fused-ring (bicyclic) bond motifs is 1. The average molecular weight is 300 g/mol. The maximum Gasteiger partial charge on any atom is 0.193 e. The van der Waals surface area contributed by atoms with Gasteiger partial charge in [-0.3, -0.25) is 4.79 Å². The van der Waals surface area contributed by atoms with Crippen LogP contribution in [-0.2, 0) is 0 Å². The van der Waals surface area contributed by atoms with Crippen molar-refractivity contribution < 1.29 is 4.42 Å². The molecular formula is C17H14ClNO2. The molecule has 3 aromatic rings. The van der Waals surface area contributed by atoms with Gasteiger partial charge in [-0.2, -0.15) is 0 Å². The van der Waals surface area contributed by atoms with E-state index in [1.165, 1.54) is 6.07 Å². The van der Waals surface area contributed by atoms with Gasteiger partial charge in [0.05, 0.1) is 5.39 Å². The highest BCUT2D eigenvalue weighted by atomic mass is 35.5. The number of halogens is 1. The van der Waals surface area contributed by atoms with Gasteiger partial charge in [0, 0.05) is 22.3 Å². The van der Waals surface area contributed by atoms with E-state index < -0.39 is 0 Å². The average Bonchev–Trinajstić information content (AvgIpc) is 2.44. The Hall–Kier alpha value is -2.26. The lowest BCUT2D eigenvalue weighted by molar-refractivity contribution is 0.618. The van der Waals surface area contributed by atoms with Crippen LogP contribution < -0.4 is 11.2 Å². The third-order valence-corrected chi connectivity index (χ3v) is 3.98. The van der Waals surface area contributed by atoms with Crippen molar-refractivity contribution in [3.05, 3.63) is 62.8 Å². The van der Waals surface area contributed by atoms with Crippen molar-refractivity contribution in [1.29, 1.82) is 0 Å². The fourth-order valence-electron chi connectivity index (χ4n) is 2.21. The van der Waals surface area contributed by atoms with E-state index >= 15 is 0 Å². The van der Waals surface area contributed by atoms with Crippen molar-refractivity contribution in [2.24, 2.45) is 0 Å². The fourth-order valence-corrected chi connectivity index (χ4v) is 2.38. The van der Waals surface area contributed by atoms with Gasteiger partial charge in [0.2, 0.25) is 0 Å². The van der Waals surface area contributed by atoms with Crippen molar-refractivity contribution in [1.82, 2.24) is 0 Å². The zero-order valence-electron chi connectivity index (χ0n) is 11.7. The van der Waals surface area contributed by atoms with Gasteiger partial charge < -0.3 is 10.2 Å². The monoisotopic (exact) mass is 299 g/mol. The molecule has 0 atom stereocenters. The van der Waals surface area contributed by atoms with Crippen LogP contribution in [0.1, 0.15) is 11.1 Å². The zero-order valence-corrected chi connectivity index (χ0v) is 12.5. The van der Waals surface area contributed by atoms with Crippen LogP contribution in [0.4, 0.5) is 5.69 Å². The summed E-state index contributed by atoms with van der Waals surface area (Å²) in [7, 11) is 0. The van der Waals surface area contributed by atoms with E-state index in [1.54, 1.807) is 12.1 Å². The largest absolute Gasteiger partial charge is 0.456 e. The van der Waals surface area contributed by atoms with E-state index in [0.29, 0.717) is 27.4 Å². The quantitative estimate of drug-likeness (QED) is 0.681. The Morgan fingerprint density at radius 3 is 2.52 bits per heavy atom. The van der Waals surface area contributed by atoms with Crippen LogP contribution in [0.15, 0.2) is 45.6 Å². The molecule has 0 radical (unpaired) electrons. The smallest absolute Gasteiger partial charge is 0.193 e. The molecule has 1 heterocycles. The number of aryl methyl sites for hydroxylation is 2. The summed E-state index contributed by atoms with van der Waals surface area (Å²) in [6, 6.07) is 10.5. The SMILES string of the molecule is Cc1ccc(-c2cc(=O)c3cc(Cl)c(C)cc3o2)cc1N. The van der Waals surface area contributed by atoms with Gasteiger partial charge in [-0.25, -0.2) is 0 Å². The second-order valence-electron chi connectivity index (χ2n) is 5.14. The van der Waals surface area contributed by atoms with Gasteiger partial charge in [0.25, 0.3) is 0 Å². The summed E-state index contributed by atoms with van der Waals surface area (Å²) in [6.07, 6.45) is 0. The normalized spacial score (nSPS) is 11.0. The van der Waals surface area contributed by atoms with Crippen molar-refractivity contribution in [3.63, 3.8) is 0 Å². The van der Waals surface area contributed by atoms with E-state index in [9.17, 15) is 4.79 Å². The molecule has 0 spiro atoms. The number of nitrogen functional groups attached to an aromatic ring is 1. The summed E-state index contributed by atoms with van der Waals surface area (Å²) in [6.45, 7) is 3.80. The lowest BCUT2D eigenvalue weighted by Crippen LogP contribution is -2.01. The van der Waals surface area contributed by atoms with Crippen LogP contribution in [0.25, 0.3) is 22.3 Å². The Balaban J connectivity index is 2.27. The molecule has 0 fully saturated rings. The number of hydrogen-bond acceptors (Lipinski definition) is 3. The molecule has 0 bridgehead atoms. The molecule has 2 N–H and O–H groups in total. The summed E-state index contributed by atoms with van der Waals surface area (Å²) in [5.74, 6) is 0.501. The standard InChI is InChI=1S/C17H14ClNO2/c1-9-3-4-11(6-14(9)19)16-8-15(20)12-7-13(18)10(2)5-17(12)21-16/h3-8H,19H2,1-2H3. The predicted octanol–water partition coefficient (Wildman–Crippen LogP) is 4.31. The Bertz CT molecular complexity index is 913. The lowest BCUT2D eigenvalue weighted by Gasteiger charge is -2.07. The molecular weight excluding hydrogens is 286 g/mol.